The van der Waals surface area contributed by atoms with Crippen LogP contribution >= 0.6 is 38.6 Å². The molecule has 0 saturated heterocycles. The molecule has 3 rings (SSSR count). The molecular weight excluding hydrogens is 368 g/mol. The lowest BCUT2D eigenvalue weighted by Crippen LogP contribution is -2.16. The molecule has 0 radical (unpaired) electrons. The van der Waals surface area contributed by atoms with Gasteiger partial charge in [-0.2, -0.15) is 4.99 Å². The molecule has 108 valence electrons. The van der Waals surface area contributed by atoms with E-state index in [0.29, 0.717) is 4.88 Å². The van der Waals surface area contributed by atoms with Crippen LogP contribution in [-0.4, -0.2) is 10.5 Å². The number of aryl methyl sites for hydroxylation is 1. The number of hydrogen-bond donors (Lipinski definition) is 0. The Labute approximate surface area is 138 Å². The molecule has 6 heteroatoms. The second-order valence-electron chi connectivity index (χ2n) is 4.52. The van der Waals surface area contributed by atoms with Crippen LogP contribution in [0.4, 0.5) is 0 Å². The molecule has 1 aromatic carbocycles. The van der Waals surface area contributed by atoms with Gasteiger partial charge in [-0.25, -0.2) is 0 Å². The predicted molar refractivity (Wildman–Crippen MR) is 92.0 cm³/mol. The Morgan fingerprint density at radius 2 is 2.05 bits per heavy atom. The summed E-state index contributed by atoms with van der Waals surface area (Å²) in [6.07, 6.45) is 1.01. The molecule has 0 saturated carbocycles. The molecule has 0 aliphatic carbocycles. The Hall–Kier alpha value is -1.24. The third-order valence-electron chi connectivity index (χ3n) is 3.02. The number of amides is 1. The lowest BCUT2D eigenvalue weighted by molar-refractivity contribution is 0.100. The van der Waals surface area contributed by atoms with Gasteiger partial charge in [0.05, 0.1) is 18.9 Å². The molecule has 0 fully saturated rings. The number of thiophene rings is 1. The average molecular weight is 381 g/mol. The minimum absolute atomic E-state index is 0.179. The summed E-state index contributed by atoms with van der Waals surface area (Å²) in [7, 11) is 0. The summed E-state index contributed by atoms with van der Waals surface area (Å²) in [6.45, 7) is 2.99. The van der Waals surface area contributed by atoms with Crippen molar-refractivity contribution < 1.29 is 4.79 Å². The molecule has 21 heavy (non-hydrogen) atoms. The molecule has 3 aromatic rings. The topological polar surface area (TPSA) is 34.4 Å². The quantitative estimate of drug-likeness (QED) is 0.649. The second-order valence-corrected chi connectivity index (χ2v) is 8.00. The molecule has 0 bridgehead atoms. The molecule has 0 unspecified atom stereocenters. The van der Waals surface area contributed by atoms with Crippen molar-refractivity contribution in [3.63, 3.8) is 0 Å². The van der Waals surface area contributed by atoms with E-state index in [1.807, 2.05) is 18.2 Å². The minimum atomic E-state index is -0.179. The van der Waals surface area contributed by atoms with Crippen LogP contribution in [0.1, 0.15) is 23.0 Å². The molecule has 3 nitrogen and oxygen atoms in total. The SMILES string of the molecule is CCCn1c(=NC(=O)c2ccc(Br)s2)sc2ccccc21. The van der Waals surface area contributed by atoms with Gasteiger partial charge in [-0.3, -0.25) is 4.79 Å². The molecule has 0 aliphatic rings. The van der Waals surface area contributed by atoms with E-state index < -0.39 is 0 Å². The van der Waals surface area contributed by atoms with E-state index in [1.54, 1.807) is 17.4 Å². The van der Waals surface area contributed by atoms with E-state index in [-0.39, 0.29) is 5.91 Å². The molecular formula is C15H13BrN2OS2. The maximum Gasteiger partial charge on any atom is 0.289 e. The largest absolute Gasteiger partial charge is 0.316 e. The summed E-state index contributed by atoms with van der Waals surface area (Å²) in [5, 5.41) is 0. The highest BCUT2D eigenvalue weighted by Gasteiger charge is 2.10. The number of fused-ring (bicyclic) bond motifs is 1. The van der Waals surface area contributed by atoms with Crippen molar-refractivity contribution in [3.05, 3.63) is 49.9 Å². The fourth-order valence-corrected chi connectivity index (χ4v) is 4.44. The predicted octanol–water partition coefficient (Wildman–Crippen LogP) is 4.68. The van der Waals surface area contributed by atoms with Crippen LogP contribution in [0.2, 0.25) is 0 Å². The summed E-state index contributed by atoms with van der Waals surface area (Å²) in [4.78, 5) is 18.0. The number of para-hydroxylation sites is 1. The van der Waals surface area contributed by atoms with Gasteiger partial charge < -0.3 is 4.57 Å². The van der Waals surface area contributed by atoms with Crippen molar-refractivity contribution in [2.75, 3.05) is 0 Å². The molecule has 2 heterocycles. The smallest absolute Gasteiger partial charge is 0.289 e. The lowest BCUT2D eigenvalue weighted by atomic mass is 10.3. The summed E-state index contributed by atoms with van der Waals surface area (Å²) >= 11 is 6.35. The van der Waals surface area contributed by atoms with Gasteiger partial charge in [-0.1, -0.05) is 30.4 Å². The van der Waals surface area contributed by atoms with Gasteiger partial charge in [0.2, 0.25) is 0 Å². The van der Waals surface area contributed by atoms with Crippen LogP contribution in [0, 0.1) is 0 Å². The van der Waals surface area contributed by atoms with Crippen molar-refractivity contribution in [1.29, 1.82) is 0 Å². The Balaban J connectivity index is 2.12. The van der Waals surface area contributed by atoms with E-state index in [0.717, 1.165) is 31.8 Å². The van der Waals surface area contributed by atoms with Crippen molar-refractivity contribution in [2.24, 2.45) is 4.99 Å². The fourth-order valence-electron chi connectivity index (χ4n) is 2.12. The number of carbonyl (C=O) groups is 1. The van der Waals surface area contributed by atoms with Crippen LogP contribution in [0.25, 0.3) is 10.2 Å². The highest BCUT2D eigenvalue weighted by molar-refractivity contribution is 9.11. The number of benzene rings is 1. The molecule has 0 spiro atoms. The summed E-state index contributed by atoms with van der Waals surface area (Å²) < 4.78 is 4.23. The van der Waals surface area contributed by atoms with E-state index in [1.165, 1.54) is 11.3 Å². The number of thiazole rings is 1. The Kier molecular flexibility index (Phi) is 4.37. The van der Waals surface area contributed by atoms with Crippen LogP contribution in [0.3, 0.4) is 0 Å². The summed E-state index contributed by atoms with van der Waals surface area (Å²) in [5.41, 5.74) is 1.14. The highest BCUT2D eigenvalue weighted by Crippen LogP contribution is 2.23. The minimum Gasteiger partial charge on any atom is -0.316 e. The third-order valence-corrected chi connectivity index (χ3v) is 5.69. The van der Waals surface area contributed by atoms with Gasteiger partial charge in [0.1, 0.15) is 0 Å². The van der Waals surface area contributed by atoms with Gasteiger partial charge in [0.25, 0.3) is 5.91 Å². The zero-order chi connectivity index (χ0) is 14.8. The first kappa shape index (κ1) is 14.7. The first-order valence-corrected chi connectivity index (χ1v) is 9.04. The number of halogens is 1. The van der Waals surface area contributed by atoms with E-state index in [4.69, 9.17) is 0 Å². The molecule has 0 atom stereocenters. The number of aromatic nitrogens is 1. The van der Waals surface area contributed by atoms with E-state index in [9.17, 15) is 4.79 Å². The van der Waals surface area contributed by atoms with Crippen molar-refractivity contribution >= 4 is 54.7 Å². The number of nitrogens with zero attached hydrogens (tertiary/aromatic N) is 2. The van der Waals surface area contributed by atoms with Crippen molar-refractivity contribution in [1.82, 2.24) is 4.57 Å². The maximum absolute atomic E-state index is 12.3. The first-order valence-electron chi connectivity index (χ1n) is 6.62. The number of carbonyl (C=O) groups excluding carboxylic acids is 1. The fraction of sp³-hybridized carbons (Fsp3) is 0.200. The van der Waals surface area contributed by atoms with Gasteiger partial charge in [-0.15, -0.1) is 11.3 Å². The van der Waals surface area contributed by atoms with Crippen molar-refractivity contribution in [2.45, 2.75) is 19.9 Å². The summed E-state index contributed by atoms with van der Waals surface area (Å²) in [5.74, 6) is -0.179. The first-order chi connectivity index (χ1) is 10.2. The Morgan fingerprint density at radius 1 is 1.24 bits per heavy atom. The van der Waals surface area contributed by atoms with Crippen LogP contribution in [0.15, 0.2) is 45.2 Å². The number of rotatable bonds is 3. The summed E-state index contributed by atoms with van der Waals surface area (Å²) in [6, 6.07) is 11.8. The van der Waals surface area contributed by atoms with E-state index >= 15 is 0 Å². The molecule has 1 amide bonds. The van der Waals surface area contributed by atoms with E-state index in [2.05, 4.69) is 44.5 Å². The van der Waals surface area contributed by atoms with Gasteiger partial charge in [-0.05, 0) is 46.6 Å². The maximum atomic E-state index is 12.3. The molecule has 2 aromatic heterocycles. The van der Waals surface area contributed by atoms with Crippen LogP contribution in [0.5, 0.6) is 0 Å². The normalized spacial score (nSPS) is 12.2. The third kappa shape index (κ3) is 3.02. The monoisotopic (exact) mass is 380 g/mol. The Morgan fingerprint density at radius 3 is 2.76 bits per heavy atom. The average Bonchev–Trinajstić information content (AvgIpc) is 3.04. The zero-order valence-corrected chi connectivity index (χ0v) is 14.6. The van der Waals surface area contributed by atoms with Crippen LogP contribution < -0.4 is 4.80 Å². The second kappa shape index (κ2) is 6.25. The standard InChI is InChI=1S/C15H13BrN2OS2/c1-2-9-18-10-5-3-4-6-11(10)21-15(18)17-14(19)12-7-8-13(16)20-12/h3-8H,2,9H2,1H3. The van der Waals surface area contributed by atoms with Gasteiger partial charge in [0.15, 0.2) is 4.80 Å². The molecule has 0 aliphatic heterocycles. The van der Waals surface area contributed by atoms with Gasteiger partial charge in [0, 0.05) is 6.54 Å². The zero-order valence-electron chi connectivity index (χ0n) is 11.4. The number of hydrogen-bond acceptors (Lipinski definition) is 3. The van der Waals surface area contributed by atoms with Crippen LogP contribution in [-0.2, 0) is 6.54 Å². The molecule has 0 N–H and O–H groups in total. The lowest BCUT2D eigenvalue weighted by Gasteiger charge is -2.01. The Bertz CT molecular complexity index is 860. The van der Waals surface area contributed by atoms with Crippen molar-refractivity contribution in [3.8, 4) is 0 Å². The highest BCUT2D eigenvalue weighted by atomic mass is 79.9. The van der Waals surface area contributed by atoms with Gasteiger partial charge >= 0.3 is 0 Å².